The molecule has 0 aliphatic heterocycles. The van der Waals surface area contributed by atoms with Crippen LogP contribution in [-0.2, 0) is 16.8 Å². The normalized spacial score (nSPS) is 12.0. The Bertz CT molecular complexity index is 286. The van der Waals surface area contributed by atoms with Gasteiger partial charge in [0.1, 0.15) is 5.60 Å². The zero-order valence-electron chi connectivity index (χ0n) is 8.71. The maximum absolute atomic E-state index is 5.56. The zero-order chi connectivity index (χ0) is 10.6. The molecule has 5 heteroatoms. The Morgan fingerprint density at radius 1 is 1.50 bits per heavy atom. The molecule has 0 aliphatic carbocycles. The van der Waals surface area contributed by atoms with Crippen molar-refractivity contribution in [3.05, 3.63) is 11.7 Å². The second-order valence-electron chi connectivity index (χ2n) is 3.52. The van der Waals surface area contributed by atoms with Crippen LogP contribution in [0.1, 0.15) is 32.0 Å². The summed E-state index contributed by atoms with van der Waals surface area (Å²) in [4.78, 5) is 4.23. The largest absolute Gasteiger partial charge is 0.371 e. The standard InChI is InChI=1S/C9H15ClN2O2/c1-9(2,13-3)8-11-7(14-12-8)5-4-6-10/h4-6H2,1-3H3. The predicted octanol–water partition coefficient (Wildman–Crippen LogP) is 2.12. The first-order valence-electron chi connectivity index (χ1n) is 4.54. The smallest absolute Gasteiger partial charge is 0.226 e. The van der Waals surface area contributed by atoms with Crippen LogP contribution in [0.2, 0.25) is 0 Å². The van der Waals surface area contributed by atoms with E-state index in [-0.39, 0.29) is 0 Å². The summed E-state index contributed by atoms with van der Waals surface area (Å²) in [6.45, 7) is 3.78. The fourth-order valence-electron chi connectivity index (χ4n) is 0.910. The zero-order valence-corrected chi connectivity index (χ0v) is 9.47. The van der Waals surface area contributed by atoms with Crippen LogP contribution >= 0.6 is 11.6 Å². The van der Waals surface area contributed by atoms with E-state index in [4.69, 9.17) is 20.9 Å². The molecule has 0 atom stereocenters. The van der Waals surface area contributed by atoms with Crippen molar-refractivity contribution in [2.45, 2.75) is 32.3 Å². The minimum atomic E-state index is -0.497. The van der Waals surface area contributed by atoms with Gasteiger partial charge >= 0.3 is 0 Å². The number of halogens is 1. The quantitative estimate of drug-likeness (QED) is 0.711. The van der Waals surface area contributed by atoms with Crippen molar-refractivity contribution in [1.29, 1.82) is 0 Å². The molecule has 0 bridgehead atoms. The molecule has 0 spiro atoms. The average molecular weight is 219 g/mol. The summed E-state index contributed by atoms with van der Waals surface area (Å²) in [5, 5.41) is 3.86. The third-order valence-corrected chi connectivity index (χ3v) is 2.31. The molecule has 0 aromatic carbocycles. The molecular formula is C9H15ClN2O2. The van der Waals surface area contributed by atoms with Crippen LogP contribution in [0, 0.1) is 0 Å². The molecule has 0 radical (unpaired) electrons. The third kappa shape index (κ3) is 2.69. The SMILES string of the molecule is COC(C)(C)c1noc(CCCCl)n1. The van der Waals surface area contributed by atoms with Crippen LogP contribution in [0.4, 0.5) is 0 Å². The molecule has 1 rings (SSSR count). The van der Waals surface area contributed by atoms with Gasteiger partial charge in [-0.15, -0.1) is 11.6 Å². The van der Waals surface area contributed by atoms with Gasteiger partial charge < -0.3 is 9.26 Å². The molecule has 0 fully saturated rings. The first-order chi connectivity index (χ1) is 6.60. The monoisotopic (exact) mass is 218 g/mol. The third-order valence-electron chi connectivity index (χ3n) is 2.04. The van der Waals surface area contributed by atoms with Gasteiger partial charge in [0.2, 0.25) is 11.7 Å². The van der Waals surface area contributed by atoms with Gasteiger partial charge in [-0.1, -0.05) is 5.16 Å². The molecule has 1 heterocycles. The summed E-state index contributed by atoms with van der Waals surface area (Å²) in [6, 6.07) is 0. The van der Waals surface area contributed by atoms with E-state index >= 15 is 0 Å². The van der Waals surface area contributed by atoms with E-state index < -0.39 is 5.60 Å². The Balaban J connectivity index is 2.67. The van der Waals surface area contributed by atoms with Gasteiger partial charge in [-0.05, 0) is 20.3 Å². The first-order valence-corrected chi connectivity index (χ1v) is 5.08. The molecular weight excluding hydrogens is 204 g/mol. The molecule has 1 aromatic rings. The minimum Gasteiger partial charge on any atom is -0.371 e. The molecule has 4 nitrogen and oxygen atoms in total. The summed E-state index contributed by atoms with van der Waals surface area (Å²) >= 11 is 5.56. The number of alkyl halides is 1. The Labute approximate surface area is 88.6 Å². The summed E-state index contributed by atoms with van der Waals surface area (Å²) in [5.41, 5.74) is -0.497. The molecule has 0 N–H and O–H groups in total. The van der Waals surface area contributed by atoms with Crippen LogP contribution in [0.5, 0.6) is 0 Å². The lowest BCUT2D eigenvalue weighted by Crippen LogP contribution is -2.21. The van der Waals surface area contributed by atoms with Crippen molar-refractivity contribution in [3.63, 3.8) is 0 Å². The fourth-order valence-corrected chi connectivity index (χ4v) is 1.04. The van der Waals surface area contributed by atoms with Gasteiger partial charge in [-0.25, -0.2) is 0 Å². The van der Waals surface area contributed by atoms with E-state index in [0.717, 1.165) is 12.8 Å². The maximum Gasteiger partial charge on any atom is 0.226 e. The van der Waals surface area contributed by atoms with Crippen molar-refractivity contribution in [3.8, 4) is 0 Å². The highest BCUT2D eigenvalue weighted by Crippen LogP contribution is 2.20. The van der Waals surface area contributed by atoms with Gasteiger partial charge in [0, 0.05) is 19.4 Å². The predicted molar refractivity (Wildman–Crippen MR) is 53.4 cm³/mol. The van der Waals surface area contributed by atoms with E-state index in [2.05, 4.69) is 10.1 Å². The summed E-state index contributed by atoms with van der Waals surface area (Å²) in [5.74, 6) is 1.79. The Hall–Kier alpha value is -0.610. The van der Waals surface area contributed by atoms with Crippen LogP contribution in [0.3, 0.4) is 0 Å². The molecule has 80 valence electrons. The Kier molecular flexibility index (Phi) is 3.89. The number of rotatable bonds is 5. The molecule has 14 heavy (non-hydrogen) atoms. The van der Waals surface area contributed by atoms with Crippen molar-refractivity contribution in [1.82, 2.24) is 10.1 Å². The second kappa shape index (κ2) is 4.75. The molecule has 1 aromatic heterocycles. The number of nitrogens with zero attached hydrogens (tertiary/aromatic N) is 2. The van der Waals surface area contributed by atoms with E-state index in [9.17, 15) is 0 Å². The van der Waals surface area contributed by atoms with Gasteiger partial charge in [0.25, 0.3) is 0 Å². The first kappa shape index (κ1) is 11.5. The van der Waals surface area contributed by atoms with Crippen LogP contribution in [0.15, 0.2) is 4.52 Å². The van der Waals surface area contributed by atoms with Crippen LogP contribution in [0.25, 0.3) is 0 Å². The van der Waals surface area contributed by atoms with Crippen molar-refractivity contribution < 1.29 is 9.26 Å². The summed E-state index contributed by atoms with van der Waals surface area (Å²) < 4.78 is 10.3. The molecule has 0 unspecified atom stereocenters. The van der Waals surface area contributed by atoms with Crippen LogP contribution in [-0.4, -0.2) is 23.1 Å². The molecule has 0 saturated carbocycles. The average Bonchev–Trinajstić information content (AvgIpc) is 2.63. The topological polar surface area (TPSA) is 48.2 Å². The van der Waals surface area contributed by atoms with E-state index in [1.54, 1.807) is 7.11 Å². The number of ether oxygens (including phenoxy) is 1. The summed E-state index contributed by atoms with van der Waals surface area (Å²) in [7, 11) is 1.62. The van der Waals surface area contributed by atoms with Crippen molar-refractivity contribution in [2.24, 2.45) is 0 Å². The lowest BCUT2D eigenvalue weighted by Gasteiger charge is -2.17. The minimum absolute atomic E-state index is 0.497. The van der Waals surface area contributed by atoms with E-state index in [1.807, 2.05) is 13.8 Å². The molecule has 0 amide bonds. The van der Waals surface area contributed by atoms with Crippen molar-refractivity contribution in [2.75, 3.05) is 13.0 Å². The van der Waals surface area contributed by atoms with Gasteiger partial charge in [-0.3, -0.25) is 0 Å². The van der Waals surface area contributed by atoms with E-state index in [1.165, 1.54) is 0 Å². The van der Waals surface area contributed by atoms with Gasteiger partial charge in [0.05, 0.1) is 0 Å². The van der Waals surface area contributed by atoms with Gasteiger partial charge in [-0.2, -0.15) is 4.98 Å². The Morgan fingerprint density at radius 2 is 2.21 bits per heavy atom. The number of methoxy groups -OCH3 is 1. The van der Waals surface area contributed by atoms with E-state index in [0.29, 0.717) is 17.6 Å². The number of aromatic nitrogens is 2. The van der Waals surface area contributed by atoms with Crippen LogP contribution < -0.4 is 0 Å². The number of aryl methyl sites for hydroxylation is 1. The molecule has 0 saturated heterocycles. The summed E-state index contributed by atoms with van der Waals surface area (Å²) in [6.07, 6.45) is 1.56. The highest BCUT2D eigenvalue weighted by Gasteiger charge is 2.25. The highest BCUT2D eigenvalue weighted by atomic mass is 35.5. The highest BCUT2D eigenvalue weighted by molar-refractivity contribution is 6.17. The van der Waals surface area contributed by atoms with Crippen molar-refractivity contribution >= 4 is 11.6 Å². The Morgan fingerprint density at radius 3 is 2.79 bits per heavy atom. The van der Waals surface area contributed by atoms with Gasteiger partial charge in [0.15, 0.2) is 0 Å². The maximum atomic E-state index is 5.56. The number of hydrogen-bond donors (Lipinski definition) is 0. The lowest BCUT2D eigenvalue weighted by atomic mass is 10.1. The fraction of sp³-hybridized carbons (Fsp3) is 0.778. The lowest BCUT2D eigenvalue weighted by molar-refractivity contribution is 0.00973. The number of hydrogen-bond acceptors (Lipinski definition) is 4. The molecule has 0 aliphatic rings. The second-order valence-corrected chi connectivity index (χ2v) is 3.90.